The topological polar surface area (TPSA) is 47.9 Å². The maximum Gasteiger partial charge on any atom is 0.492 e. The lowest BCUT2D eigenvalue weighted by atomic mass is 9.77. The highest BCUT2D eigenvalue weighted by molar-refractivity contribution is 6.61. The summed E-state index contributed by atoms with van der Waals surface area (Å²) in [5, 5.41) is 10.0. The molecule has 2 aliphatic rings. The second-order valence-corrected chi connectivity index (χ2v) is 5.54. The van der Waals surface area contributed by atoms with Crippen molar-refractivity contribution in [3.63, 3.8) is 0 Å². The van der Waals surface area contributed by atoms with Gasteiger partial charge >= 0.3 is 7.12 Å². The summed E-state index contributed by atoms with van der Waals surface area (Å²) in [6.07, 6.45) is 3.85. The molecule has 2 atom stereocenters. The number of ether oxygens (including phenoxy) is 2. The van der Waals surface area contributed by atoms with Gasteiger partial charge < -0.3 is 19.2 Å². The fraction of sp³-hybridized carbons (Fsp3) is 0.600. The number of hydrogen-bond donors (Lipinski definition) is 1. The van der Waals surface area contributed by atoms with Crippen LogP contribution in [0.15, 0.2) is 12.1 Å². The Balaban J connectivity index is 1.84. The van der Waals surface area contributed by atoms with Crippen LogP contribution in [-0.2, 0) is 9.39 Å². The minimum absolute atomic E-state index is 0.0139. The van der Waals surface area contributed by atoms with Gasteiger partial charge in [0.15, 0.2) is 6.29 Å². The van der Waals surface area contributed by atoms with Gasteiger partial charge in [-0.15, -0.1) is 0 Å². The summed E-state index contributed by atoms with van der Waals surface area (Å²) in [6, 6.07) is 3.90. The van der Waals surface area contributed by atoms with Crippen LogP contribution >= 0.6 is 0 Å². The van der Waals surface area contributed by atoms with Gasteiger partial charge in [-0.05, 0) is 54.9 Å². The molecule has 1 fully saturated rings. The van der Waals surface area contributed by atoms with Gasteiger partial charge in [-0.25, -0.2) is 0 Å². The van der Waals surface area contributed by atoms with E-state index in [1.165, 1.54) is 0 Å². The fourth-order valence-corrected chi connectivity index (χ4v) is 3.06. The van der Waals surface area contributed by atoms with Crippen molar-refractivity contribution in [1.82, 2.24) is 0 Å². The lowest BCUT2D eigenvalue weighted by Gasteiger charge is -2.24. The first kappa shape index (κ1) is 13.9. The molecule has 0 spiro atoms. The quantitative estimate of drug-likeness (QED) is 0.858. The molecule has 2 unspecified atom stereocenters. The second-order valence-electron chi connectivity index (χ2n) is 5.54. The molecule has 1 aromatic carbocycles. The van der Waals surface area contributed by atoms with Crippen molar-refractivity contribution in [2.45, 2.75) is 51.9 Å². The Bertz CT molecular complexity index is 485. The summed E-state index contributed by atoms with van der Waals surface area (Å²) in [4.78, 5) is 0. The average Bonchev–Trinajstić information content (AvgIpc) is 2.77. The lowest BCUT2D eigenvalue weighted by Crippen LogP contribution is -2.30. The van der Waals surface area contributed by atoms with Crippen LogP contribution in [0, 0.1) is 6.92 Å². The minimum atomic E-state index is -0.843. The van der Waals surface area contributed by atoms with E-state index in [2.05, 4.69) is 6.92 Å². The number of hydrogen-bond acceptors (Lipinski definition) is 4. The van der Waals surface area contributed by atoms with Gasteiger partial charge in [0, 0.05) is 6.42 Å². The van der Waals surface area contributed by atoms with E-state index in [0.717, 1.165) is 54.6 Å². The highest BCUT2D eigenvalue weighted by Gasteiger charge is 2.36. The number of benzene rings is 1. The van der Waals surface area contributed by atoms with Crippen molar-refractivity contribution in [3.8, 4) is 5.75 Å². The van der Waals surface area contributed by atoms with Crippen LogP contribution in [0.2, 0.25) is 0 Å². The van der Waals surface area contributed by atoms with Gasteiger partial charge in [-0.2, -0.15) is 0 Å². The Morgan fingerprint density at radius 3 is 2.95 bits per heavy atom. The first-order valence-corrected chi connectivity index (χ1v) is 7.45. The van der Waals surface area contributed by atoms with E-state index in [0.29, 0.717) is 0 Å². The van der Waals surface area contributed by atoms with Gasteiger partial charge in [0.2, 0.25) is 0 Å². The maximum absolute atomic E-state index is 10.0. The van der Waals surface area contributed by atoms with E-state index in [1.54, 1.807) is 0 Å². The van der Waals surface area contributed by atoms with Crippen molar-refractivity contribution in [2.24, 2.45) is 0 Å². The standard InChI is InChI=1S/C15H21BO4/c1-3-13-15-10(2)8-11(9-12(15)16(17)20-13)19-14-6-4-5-7-18-14/h8-9,13-14,17H,3-7H2,1-2H3. The Morgan fingerprint density at radius 1 is 1.40 bits per heavy atom. The highest BCUT2D eigenvalue weighted by atomic mass is 16.7. The van der Waals surface area contributed by atoms with Crippen molar-refractivity contribution in [2.75, 3.05) is 6.61 Å². The average molecular weight is 276 g/mol. The number of aryl methyl sites for hydroxylation is 1. The fourth-order valence-electron chi connectivity index (χ4n) is 3.06. The third kappa shape index (κ3) is 2.58. The summed E-state index contributed by atoms with van der Waals surface area (Å²) in [7, 11) is -0.843. The van der Waals surface area contributed by atoms with Crippen molar-refractivity contribution < 1.29 is 19.2 Å². The molecule has 0 radical (unpaired) electrons. The molecular weight excluding hydrogens is 255 g/mol. The van der Waals surface area contributed by atoms with E-state index < -0.39 is 7.12 Å². The minimum Gasteiger partial charge on any atom is -0.465 e. The molecule has 1 saturated heterocycles. The zero-order chi connectivity index (χ0) is 14.1. The van der Waals surface area contributed by atoms with Crippen LogP contribution < -0.4 is 10.2 Å². The zero-order valence-corrected chi connectivity index (χ0v) is 12.1. The summed E-state index contributed by atoms with van der Waals surface area (Å²) in [6.45, 7) is 4.86. The monoisotopic (exact) mass is 276 g/mol. The molecule has 4 nitrogen and oxygen atoms in total. The first-order valence-electron chi connectivity index (χ1n) is 7.45. The van der Waals surface area contributed by atoms with Crippen molar-refractivity contribution in [1.29, 1.82) is 0 Å². The van der Waals surface area contributed by atoms with E-state index >= 15 is 0 Å². The van der Waals surface area contributed by atoms with Gasteiger partial charge in [0.1, 0.15) is 5.75 Å². The smallest absolute Gasteiger partial charge is 0.465 e. The van der Waals surface area contributed by atoms with E-state index in [4.69, 9.17) is 14.1 Å². The molecule has 2 heterocycles. The normalized spacial score (nSPS) is 25.6. The number of fused-ring (bicyclic) bond motifs is 1. The van der Waals surface area contributed by atoms with Crippen LogP contribution in [0.1, 0.15) is 49.8 Å². The van der Waals surface area contributed by atoms with Crippen molar-refractivity contribution >= 4 is 12.6 Å². The van der Waals surface area contributed by atoms with Gasteiger partial charge in [-0.1, -0.05) is 6.92 Å². The largest absolute Gasteiger partial charge is 0.492 e. The van der Waals surface area contributed by atoms with Crippen LogP contribution in [0.3, 0.4) is 0 Å². The molecule has 0 aliphatic carbocycles. The Morgan fingerprint density at radius 2 is 2.25 bits per heavy atom. The molecule has 3 rings (SSSR count). The SMILES string of the molecule is CCC1OB(O)c2cc(OC3CCCCO3)cc(C)c21. The highest BCUT2D eigenvalue weighted by Crippen LogP contribution is 2.32. The molecule has 0 aromatic heterocycles. The molecule has 20 heavy (non-hydrogen) atoms. The molecule has 0 amide bonds. The van der Waals surface area contributed by atoms with Crippen LogP contribution in [-0.4, -0.2) is 25.0 Å². The molecule has 108 valence electrons. The van der Waals surface area contributed by atoms with Gasteiger partial charge in [0.25, 0.3) is 0 Å². The molecule has 1 aromatic rings. The Hall–Kier alpha value is -1.04. The summed E-state index contributed by atoms with van der Waals surface area (Å²) < 4.78 is 17.1. The van der Waals surface area contributed by atoms with E-state index in [-0.39, 0.29) is 12.4 Å². The van der Waals surface area contributed by atoms with Gasteiger partial charge in [-0.3, -0.25) is 0 Å². The second kappa shape index (κ2) is 5.76. The van der Waals surface area contributed by atoms with Gasteiger partial charge in [0.05, 0.1) is 12.7 Å². The molecule has 0 saturated carbocycles. The third-order valence-electron chi connectivity index (χ3n) is 4.05. The Kier molecular flexibility index (Phi) is 4.01. The lowest BCUT2D eigenvalue weighted by molar-refractivity contribution is -0.105. The van der Waals surface area contributed by atoms with Crippen molar-refractivity contribution in [3.05, 3.63) is 23.3 Å². The first-order chi connectivity index (χ1) is 9.69. The van der Waals surface area contributed by atoms with Crippen LogP contribution in [0.4, 0.5) is 0 Å². The molecule has 5 heteroatoms. The maximum atomic E-state index is 10.0. The predicted molar refractivity (Wildman–Crippen MR) is 77.1 cm³/mol. The molecule has 0 bridgehead atoms. The summed E-state index contributed by atoms with van der Waals surface area (Å²) in [5.41, 5.74) is 3.05. The third-order valence-corrected chi connectivity index (χ3v) is 4.05. The molecule has 1 N–H and O–H groups in total. The predicted octanol–water partition coefficient (Wildman–Crippen LogP) is 2.07. The molecular formula is C15H21BO4. The Labute approximate surface area is 120 Å². The van der Waals surface area contributed by atoms with E-state index in [9.17, 15) is 5.02 Å². The van der Waals surface area contributed by atoms with E-state index in [1.807, 2.05) is 19.1 Å². The number of rotatable bonds is 3. The molecule has 2 aliphatic heterocycles. The van der Waals surface area contributed by atoms with Crippen LogP contribution in [0.5, 0.6) is 5.75 Å². The summed E-state index contributed by atoms with van der Waals surface area (Å²) >= 11 is 0. The zero-order valence-electron chi connectivity index (χ0n) is 12.1. The summed E-state index contributed by atoms with van der Waals surface area (Å²) in [5.74, 6) is 0.757. The van der Waals surface area contributed by atoms with Crippen LogP contribution in [0.25, 0.3) is 0 Å².